The lowest BCUT2D eigenvalue weighted by Crippen LogP contribution is -2.57. The summed E-state index contributed by atoms with van der Waals surface area (Å²) in [5, 5.41) is 20.4. The van der Waals surface area contributed by atoms with Gasteiger partial charge in [-0.25, -0.2) is 9.59 Å². The number of methoxy groups -OCH3 is 1. The second kappa shape index (κ2) is 5.12. The predicted molar refractivity (Wildman–Crippen MR) is 77.9 cm³/mol. The Labute approximate surface area is 135 Å². The van der Waals surface area contributed by atoms with Crippen molar-refractivity contribution in [3.8, 4) is 11.5 Å². The molecule has 0 saturated heterocycles. The second-order valence-corrected chi connectivity index (χ2v) is 5.18. The molecule has 2 aliphatic heterocycles. The van der Waals surface area contributed by atoms with Crippen LogP contribution in [0.15, 0.2) is 35.6 Å². The summed E-state index contributed by atoms with van der Waals surface area (Å²) >= 11 is 0. The largest absolute Gasteiger partial charge is 0.507 e. The highest BCUT2D eigenvalue weighted by atomic mass is 16.6. The number of aliphatic hydroxyl groups is 1. The fourth-order valence-corrected chi connectivity index (χ4v) is 2.66. The van der Waals surface area contributed by atoms with Gasteiger partial charge in [0.1, 0.15) is 34.7 Å². The van der Waals surface area contributed by atoms with Gasteiger partial charge < -0.3 is 24.4 Å². The normalized spacial score (nSPS) is 22.5. The van der Waals surface area contributed by atoms with Crippen LogP contribution in [-0.2, 0) is 23.9 Å². The number of Topliss-reactive ketones (excluding diaryl/α,β-unsaturated/α-hetero) is 1. The van der Waals surface area contributed by atoms with Gasteiger partial charge >= 0.3 is 17.5 Å². The maximum absolute atomic E-state index is 12.8. The average molecular weight is 332 g/mol. The van der Waals surface area contributed by atoms with Crippen LogP contribution in [0, 0.1) is 0 Å². The van der Waals surface area contributed by atoms with Crippen LogP contribution in [0.5, 0.6) is 11.5 Å². The fraction of sp³-hybridized carbons (Fsp3) is 0.188. The number of benzene rings is 1. The molecule has 3 rings (SSSR count). The molecule has 1 aromatic rings. The molecule has 0 aromatic heterocycles. The van der Waals surface area contributed by atoms with Gasteiger partial charge in [-0.2, -0.15) is 0 Å². The smallest absolute Gasteiger partial charge is 0.363 e. The van der Waals surface area contributed by atoms with E-state index in [0.717, 1.165) is 13.4 Å². The molecule has 1 atom stereocenters. The number of hydrogen-bond donors (Lipinski definition) is 2. The Bertz CT molecular complexity index is 848. The van der Waals surface area contributed by atoms with Crippen molar-refractivity contribution in [3.05, 3.63) is 41.2 Å². The summed E-state index contributed by atoms with van der Waals surface area (Å²) in [6, 6.07) is 3.96. The van der Waals surface area contributed by atoms with E-state index in [9.17, 15) is 24.6 Å². The Morgan fingerprint density at radius 1 is 1.25 bits per heavy atom. The molecule has 2 heterocycles. The molecule has 0 fully saturated rings. The molecule has 124 valence electrons. The average Bonchev–Trinajstić information content (AvgIpc) is 2.65. The van der Waals surface area contributed by atoms with Crippen LogP contribution in [0.3, 0.4) is 0 Å². The Hall–Kier alpha value is -3.29. The zero-order valence-electron chi connectivity index (χ0n) is 12.7. The number of aliphatic hydroxyl groups excluding tert-OH is 1. The van der Waals surface area contributed by atoms with Gasteiger partial charge in [-0.1, -0.05) is 6.07 Å². The first-order valence-corrected chi connectivity index (χ1v) is 6.80. The van der Waals surface area contributed by atoms with Gasteiger partial charge in [0.2, 0.25) is 5.78 Å². The quantitative estimate of drug-likeness (QED) is 0.577. The lowest BCUT2D eigenvalue weighted by Gasteiger charge is -2.34. The lowest BCUT2D eigenvalue weighted by atomic mass is 9.82. The lowest BCUT2D eigenvalue weighted by molar-refractivity contribution is -0.162. The molecule has 0 bridgehead atoms. The zero-order chi connectivity index (χ0) is 17.6. The first-order valence-electron chi connectivity index (χ1n) is 6.80. The van der Waals surface area contributed by atoms with Crippen LogP contribution in [0.4, 0.5) is 0 Å². The van der Waals surface area contributed by atoms with Gasteiger partial charge in [-0.15, -0.1) is 0 Å². The number of rotatable bonds is 1. The van der Waals surface area contributed by atoms with Crippen molar-refractivity contribution in [1.82, 2.24) is 0 Å². The van der Waals surface area contributed by atoms with E-state index in [1.54, 1.807) is 0 Å². The van der Waals surface area contributed by atoms with Gasteiger partial charge in [-0.05, 0) is 19.1 Å². The number of carbonyl (C=O) groups is 3. The van der Waals surface area contributed by atoms with Crippen molar-refractivity contribution < 1.29 is 38.8 Å². The fourth-order valence-electron chi connectivity index (χ4n) is 2.66. The third kappa shape index (κ3) is 1.82. The first-order chi connectivity index (χ1) is 11.3. The van der Waals surface area contributed by atoms with E-state index in [4.69, 9.17) is 9.47 Å². The van der Waals surface area contributed by atoms with Crippen LogP contribution in [-0.4, -0.2) is 40.6 Å². The summed E-state index contributed by atoms with van der Waals surface area (Å²) in [7, 11) is 1.01. The Morgan fingerprint density at radius 3 is 2.62 bits per heavy atom. The molecule has 2 N–H and O–H groups in total. The maximum atomic E-state index is 12.8. The number of ketones is 1. The highest BCUT2D eigenvalue weighted by Crippen LogP contribution is 2.46. The summed E-state index contributed by atoms with van der Waals surface area (Å²) in [6.45, 7) is 1.32. The van der Waals surface area contributed by atoms with E-state index >= 15 is 0 Å². The maximum Gasteiger partial charge on any atom is 0.363 e. The second-order valence-electron chi connectivity index (χ2n) is 5.18. The van der Waals surface area contributed by atoms with Gasteiger partial charge in [0, 0.05) is 5.57 Å². The third-order valence-electron chi connectivity index (χ3n) is 3.79. The van der Waals surface area contributed by atoms with Crippen LogP contribution >= 0.6 is 0 Å². The van der Waals surface area contributed by atoms with Crippen molar-refractivity contribution in [2.45, 2.75) is 12.5 Å². The van der Waals surface area contributed by atoms with E-state index < -0.39 is 40.4 Å². The topological polar surface area (TPSA) is 119 Å². The van der Waals surface area contributed by atoms with Gasteiger partial charge in [0.25, 0.3) is 0 Å². The van der Waals surface area contributed by atoms with Gasteiger partial charge in [0.15, 0.2) is 0 Å². The molecular weight excluding hydrogens is 320 g/mol. The monoisotopic (exact) mass is 332 g/mol. The summed E-state index contributed by atoms with van der Waals surface area (Å²) < 4.78 is 14.9. The third-order valence-corrected chi connectivity index (χ3v) is 3.79. The molecule has 0 amide bonds. The molecule has 0 spiro atoms. The number of ether oxygens (including phenoxy) is 3. The molecule has 8 heteroatoms. The zero-order valence-corrected chi connectivity index (χ0v) is 12.7. The van der Waals surface area contributed by atoms with Crippen LogP contribution in [0.1, 0.15) is 12.5 Å². The molecule has 1 unspecified atom stereocenters. The summed E-state index contributed by atoms with van der Waals surface area (Å²) in [5.41, 5.74) is -3.61. The minimum absolute atomic E-state index is 0.0832. The summed E-state index contributed by atoms with van der Waals surface area (Å²) in [6.07, 6.45) is 0.863. The molecule has 2 aliphatic rings. The Kier molecular flexibility index (Phi) is 3.33. The van der Waals surface area contributed by atoms with E-state index in [1.807, 2.05) is 0 Å². The van der Waals surface area contributed by atoms with E-state index in [1.165, 1.54) is 25.1 Å². The van der Waals surface area contributed by atoms with E-state index in [2.05, 4.69) is 4.74 Å². The molecule has 24 heavy (non-hydrogen) atoms. The highest BCUT2D eigenvalue weighted by molar-refractivity contribution is 6.26. The highest BCUT2D eigenvalue weighted by Gasteiger charge is 2.61. The van der Waals surface area contributed by atoms with E-state index in [0.29, 0.717) is 0 Å². The van der Waals surface area contributed by atoms with E-state index in [-0.39, 0.29) is 16.9 Å². The molecule has 0 aliphatic carbocycles. The minimum atomic E-state index is -2.55. The molecule has 0 saturated carbocycles. The Morgan fingerprint density at radius 2 is 1.96 bits per heavy atom. The van der Waals surface area contributed by atoms with Crippen LogP contribution in [0.2, 0.25) is 0 Å². The van der Waals surface area contributed by atoms with Gasteiger partial charge in [0.05, 0.1) is 7.11 Å². The predicted octanol–water partition coefficient (Wildman–Crippen LogP) is 0.995. The number of phenolic OH excluding ortho intramolecular Hbond substituents is 1. The minimum Gasteiger partial charge on any atom is -0.507 e. The van der Waals surface area contributed by atoms with Crippen molar-refractivity contribution in [3.63, 3.8) is 0 Å². The molecule has 8 nitrogen and oxygen atoms in total. The standard InChI is InChI=1S/C16H12O8/c1-7-6-23-14(20)11-12(18)10-8(17)4-3-5-9(10)24-16(11,13(7)19)15(21)22-2/h3-6,17-18H,1-2H3. The summed E-state index contributed by atoms with van der Waals surface area (Å²) in [5.74, 6) is -4.63. The van der Waals surface area contributed by atoms with Crippen molar-refractivity contribution in [2.75, 3.05) is 7.11 Å². The number of hydrogen-bond acceptors (Lipinski definition) is 8. The Balaban J connectivity index is 2.42. The molecular formula is C16H12O8. The van der Waals surface area contributed by atoms with Crippen LogP contribution in [0.25, 0.3) is 5.76 Å². The van der Waals surface area contributed by atoms with Crippen LogP contribution < -0.4 is 4.74 Å². The summed E-state index contributed by atoms with van der Waals surface area (Å²) in [4.78, 5) is 37.5. The number of carbonyl (C=O) groups excluding carboxylic acids is 3. The number of esters is 2. The van der Waals surface area contributed by atoms with Crippen molar-refractivity contribution in [1.29, 1.82) is 0 Å². The number of fused-ring (bicyclic) bond motifs is 2. The molecule has 1 aromatic carbocycles. The number of cyclic esters (lactones) is 1. The van der Waals surface area contributed by atoms with Crippen molar-refractivity contribution in [2.24, 2.45) is 0 Å². The van der Waals surface area contributed by atoms with Gasteiger partial charge in [-0.3, -0.25) is 4.79 Å². The number of phenols is 1. The first kappa shape index (κ1) is 15.6. The SMILES string of the molecule is COC(=O)C12Oc3cccc(O)c3C(O)=C1C(=O)OC=C(C)C2=O. The van der Waals surface area contributed by atoms with Crippen molar-refractivity contribution >= 4 is 23.5 Å². The molecule has 0 radical (unpaired) electrons. The number of aromatic hydroxyl groups is 1.